The highest BCUT2D eigenvalue weighted by Gasteiger charge is 2.43. The van der Waals surface area contributed by atoms with Gasteiger partial charge in [0.2, 0.25) is 0 Å². The van der Waals surface area contributed by atoms with E-state index in [1.165, 1.54) is 19.2 Å². The van der Waals surface area contributed by atoms with Crippen molar-refractivity contribution in [3.05, 3.63) is 46.5 Å². The van der Waals surface area contributed by atoms with Gasteiger partial charge in [0.1, 0.15) is 23.5 Å². The van der Waals surface area contributed by atoms with Gasteiger partial charge >= 0.3 is 5.97 Å². The lowest BCUT2D eigenvalue weighted by Gasteiger charge is -2.20. The Balaban J connectivity index is 2.21. The van der Waals surface area contributed by atoms with Crippen LogP contribution >= 0.6 is 11.6 Å². The predicted molar refractivity (Wildman–Crippen MR) is 124 cm³/mol. The van der Waals surface area contributed by atoms with Gasteiger partial charge in [-0.05, 0) is 50.8 Å². The van der Waals surface area contributed by atoms with Crippen LogP contribution in [0, 0.1) is 5.92 Å². The Morgan fingerprint density at radius 2 is 1.94 bits per heavy atom. The van der Waals surface area contributed by atoms with Crippen LogP contribution in [0.1, 0.15) is 50.0 Å². The van der Waals surface area contributed by atoms with Gasteiger partial charge in [0.15, 0.2) is 12.6 Å². The first-order valence-corrected chi connectivity index (χ1v) is 11.1. The summed E-state index contributed by atoms with van der Waals surface area (Å²) in [5.74, 6) is -2.08. The number of hydrogen-bond donors (Lipinski definition) is 3. The van der Waals surface area contributed by atoms with E-state index in [1.807, 2.05) is 6.92 Å². The molecular weight excluding hydrogens is 452 g/mol. The van der Waals surface area contributed by atoms with Crippen LogP contribution in [0.25, 0.3) is 6.08 Å². The SMILES string of the molecule is COCOc1cc(Cl)cc(/C=C/C[C@H]2OC(C)(C)O[C@@H]2C(O)/C=C\[C@H](C)[C@H](C)O)c1C(=O)O. The molecule has 1 fully saturated rings. The molecule has 8 nitrogen and oxygen atoms in total. The molecule has 0 aromatic heterocycles. The number of aliphatic hydroxyl groups is 2. The highest BCUT2D eigenvalue weighted by atomic mass is 35.5. The van der Waals surface area contributed by atoms with Crippen molar-refractivity contribution in [2.45, 2.75) is 64.3 Å². The number of halogens is 1. The quantitative estimate of drug-likeness (QED) is 0.320. The summed E-state index contributed by atoms with van der Waals surface area (Å²) >= 11 is 6.15. The minimum absolute atomic E-state index is 0.0387. The summed E-state index contributed by atoms with van der Waals surface area (Å²) in [5.41, 5.74) is 0.324. The lowest BCUT2D eigenvalue weighted by molar-refractivity contribution is -0.152. The van der Waals surface area contributed by atoms with Crippen molar-refractivity contribution in [2.75, 3.05) is 13.9 Å². The third kappa shape index (κ3) is 7.81. The summed E-state index contributed by atoms with van der Waals surface area (Å²) in [6.07, 6.45) is 4.46. The van der Waals surface area contributed by atoms with Gasteiger partial charge in [-0.3, -0.25) is 0 Å². The molecular formula is C24H33ClO8. The summed E-state index contributed by atoms with van der Waals surface area (Å²) in [5, 5.41) is 30.3. The summed E-state index contributed by atoms with van der Waals surface area (Å²) in [4.78, 5) is 11.8. The molecule has 0 aliphatic carbocycles. The zero-order chi connectivity index (χ0) is 24.8. The molecule has 1 aliphatic rings. The van der Waals surface area contributed by atoms with Crippen LogP contribution in [0.3, 0.4) is 0 Å². The second kappa shape index (κ2) is 12.0. The summed E-state index contributed by atoms with van der Waals surface area (Å²) in [6, 6.07) is 2.95. The number of aromatic carboxylic acids is 1. The van der Waals surface area contributed by atoms with Crippen LogP contribution < -0.4 is 4.74 Å². The summed E-state index contributed by atoms with van der Waals surface area (Å²) in [7, 11) is 1.43. The smallest absolute Gasteiger partial charge is 0.340 e. The Kier molecular flexibility index (Phi) is 9.90. The molecule has 2 rings (SSSR count). The number of hydrogen-bond acceptors (Lipinski definition) is 7. The first kappa shape index (κ1) is 27.3. The van der Waals surface area contributed by atoms with Crippen molar-refractivity contribution in [1.29, 1.82) is 0 Å². The predicted octanol–water partition coefficient (Wildman–Crippen LogP) is 3.88. The van der Waals surface area contributed by atoms with E-state index in [2.05, 4.69) is 0 Å². The van der Waals surface area contributed by atoms with Crippen molar-refractivity contribution in [3.8, 4) is 5.75 Å². The third-order valence-electron chi connectivity index (χ3n) is 5.24. The third-order valence-corrected chi connectivity index (χ3v) is 5.46. The molecule has 0 radical (unpaired) electrons. The lowest BCUT2D eigenvalue weighted by atomic mass is 10.00. The van der Waals surface area contributed by atoms with Crippen LogP contribution in [-0.2, 0) is 14.2 Å². The van der Waals surface area contributed by atoms with Crippen LogP contribution in [0.2, 0.25) is 5.02 Å². The zero-order valence-electron chi connectivity index (χ0n) is 19.5. The van der Waals surface area contributed by atoms with Crippen LogP contribution in [0.5, 0.6) is 5.75 Å². The Bertz CT molecular complexity index is 864. The number of carbonyl (C=O) groups is 1. The maximum absolute atomic E-state index is 11.8. The van der Waals surface area contributed by atoms with Crippen molar-refractivity contribution in [2.24, 2.45) is 5.92 Å². The van der Waals surface area contributed by atoms with Crippen molar-refractivity contribution < 1.29 is 39.1 Å². The minimum atomic E-state index is -1.16. The summed E-state index contributed by atoms with van der Waals surface area (Å²) in [6.45, 7) is 6.93. The molecule has 1 heterocycles. The van der Waals surface area contributed by atoms with Crippen molar-refractivity contribution in [3.63, 3.8) is 0 Å². The molecule has 1 aliphatic heterocycles. The molecule has 3 N–H and O–H groups in total. The van der Waals surface area contributed by atoms with Gasteiger partial charge in [-0.15, -0.1) is 0 Å². The van der Waals surface area contributed by atoms with Crippen LogP contribution in [0.15, 0.2) is 30.4 Å². The molecule has 33 heavy (non-hydrogen) atoms. The van der Waals surface area contributed by atoms with Gasteiger partial charge in [-0.1, -0.05) is 42.8 Å². The molecule has 0 bridgehead atoms. The largest absolute Gasteiger partial charge is 0.478 e. The zero-order valence-corrected chi connectivity index (χ0v) is 20.3. The number of carboxylic acids is 1. The number of benzene rings is 1. The van der Waals surface area contributed by atoms with E-state index in [-0.39, 0.29) is 24.0 Å². The molecule has 1 unspecified atom stereocenters. The van der Waals surface area contributed by atoms with Crippen LogP contribution in [0.4, 0.5) is 0 Å². The highest BCUT2D eigenvalue weighted by molar-refractivity contribution is 6.31. The van der Waals surface area contributed by atoms with Crippen LogP contribution in [-0.4, -0.2) is 65.4 Å². The van der Waals surface area contributed by atoms with E-state index in [9.17, 15) is 20.1 Å². The average molecular weight is 485 g/mol. The second-order valence-electron chi connectivity index (χ2n) is 8.48. The first-order chi connectivity index (χ1) is 15.4. The molecule has 9 heteroatoms. The normalized spacial score (nSPS) is 23.2. The Hall–Kier alpha value is -1.94. The fourth-order valence-electron chi connectivity index (χ4n) is 3.42. The molecule has 5 atom stereocenters. The van der Waals surface area contributed by atoms with Crippen molar-refractivity contribution >= 4 is 23.6 Å². The molecule has 1 aromatic rings. The van der Waals surface area contributed by atoms with E-state index in [4.69, 9.17) is 30.5 Å². The Morgan fingerprint density at radius 3 is 2.55 bits per heavy atom. The van der Waals surface area contributed by atoms with E-state index in [1.54, 1.807) is 45.1 Å². The molecule has 0 saturated carbocycles. The van der Waals surface area contributed by atoms with Gasteiger partial charge < -0.3 is 34.3 Å². The lowest BCUT2D eigenvalue weighted by Crippen LogP contribution is -2.34. The number of carboxylic acid groups (broad SMARTS) is 1. The fraction of sp³-hybridized carbons (Fsp3) is 0.542. The van der Waals surface area contributed by atoms with E-state index >= 15 is 0 Å². The number of rotatable bonds is 11. The fourth-order valence-corrected chi connectivity index (χ4v) is 3.64. The van der Waals surface area contributed by atoms with E-state index in [0.29, 0.717) is 17.0 Å². The number of methoxy groups -OCH3 is 1. The van der Waals surface area contributed by atoms with Crippen molar-refractivity contribution in [1.82, 2.24) is 0 Å². The number of ether oxygens (including phenoxy) is 4. The Morgan fingerprint density at radius 1 is 1.24 bits per heavy atom. The van der Waals surface area contributed by atoms with Gasteiger partial charge in [-0.2, -0.15) is 0 Å². The van der Waals surface area contributed by atoms with Gasteiger partial charge in [-0.25, -0.2) is 4.79 Å². The number of aliphatic hydroxyl groups excluding tert-OH is 2. The monoisotopic (exact) mass is 484 g/mol. The first-order valence-electron chi connectivity index (χ1n) is 10.7. The molecule has 1 saturated heterocycles. The molecule has 1 aromatic carbocycles. The molecule has 184 valence electrons. The second-order valence-corrected chi connectivity index (χ2v) is 8.91. The van der Waals surface area contributed by atoms with Gasteiger partial charge in [0.05, 0.1) is 12.2 Å². The van der Waals surface area contributed by atoms with Gasteiger partial charge in [0, 0.05) is 12.1 Å². The van der Waals surface area contributed by atoms with Gasteiger partial charge in [0.25, 0.3) is 0 Å². The molecule has 0 spiro atoms. The maximum Gasteiger partial charge on any atom is 0.340 e. The highest BCUT2D eigenvalue weighted by Crippen LogP contribution is 2.33. The maximum atomic E-state index is 11.8. The molecule has 0 amide bonds. The summed E-state index contributed by atoms with van der Waals surface area (Å²) < 4.78 is 22.1. The minimum Gasteiger partial charge on any atom is -0.478 e. The Labute approximate surface area is 199 Å². The topological polar surface area (TPSA) is 115 Å². The van der Waals surface area contributed by atoms with E-state index < -0.39 is 36.2 Å². The average Bonchev–Trinajstić information content (AvgIpc) is 3.03. The van der Waals surface area contributed by atoms with E-state index in [0.717, 1.165) is 0 Å². The standard InChI is InChI=1S/C24H33ClO8/c1-14(15(2)26)9-10-18(27)22-19(32-24(3,4)33-22)8-6-7-16-11-17(25)12-20(31-13-30-5)21(16)23(28)29/h6-7,9-12,14-15,18-19,22,26-27H,8,13H2,1-5H3,(H,28,29)/b7-6+,10-9-/t14-,15-,18?,19+,22+/m0/s1.